The number of hydrogen-bond donors (Lipinski definition) is 1. The fraction of sp³-hybridized carbons (Fsp3) is 0.345. The highest BCUT2D eigenvalue weighted by Gasteiger charge is 2.03. The molecule has 0 atom stereocenters. The van der Waals surface area contributed by atoms with Crippen molar-refractivity contribution in [1.29, 1.82) is 0 Å². The minimum Gasteiger partial charge on any atom is -0.483 e. The van der Waals surface area contributed by atoms with Crippen molar-refractivity contribution >= 4 is 0 Å². The van der Waals surface area contributed by atoms with Gasteiger partial charge in [-0.2, -0.15) is 0 Å². The molecule has 0 bridgehead atoms. The van der Waals surface area contributed by atoms with Crippen LogP contribution < -0.4 is 10.2 Å². The van der Waals surface area contributed by atoms with E-state index in [1.165, 1.54) is 22.8 Å². The second kappa shape index (κ2) is 16.4. The summed E-state index contributed by atoms with van der Waals surface area (Å²) in [6, 6.07) is 17.8. The Kier molecular flexibility index (Phi) is 13.8. The average Bonchev–Trinajstić information content (AvgIpc) is 2.93. The van der Waals surface area contributed by atoms with Crippen molar-refractivity contribution in [3.8, 4) is 5.75 Å². The fourth-order valence-corrected chi connectivity index (χ4v) is 3.32. The van der Waals surface area contributed by atoms with E-state index >= 15 is 0 Å². The molecule has 4 heteroatoms. The lowest BCUT2D eigenvalue weighted by atomic mass is 9.99. The summed E-state index contributed by atoms with van der Waals surface area (Å²) in [5.41, 5.74) is 4.93. The van der Waals surface area contributed by atoms with Crippen LogP contribution in [0.15, 0.2) is 84.2 Å². The summed E-state index contributed by atoms with van der Waals surface area (Å²) >= 11 is 0. The Morgan fingerprint density at radius 2 is 1.52 bits per heavy atom. The van der Waals surface area contributed by atoms with E-state index in [1.54, 1.807) is 12.4 Å². The van der Waals surface area contributed by atoms with Crippen LogP contribution in [-0.4, -0.2) is 9.55 Å². The summed E-state index contributed by atoms with van der Waals surface area (Å²) in [4.78, 5) is 15.5. The summed E-state index contributed by atoms with van der Waals surface area (Å²) in [6.07, 6.45) is 9.14. The molecule has 0 unspecified atom stereocenters. The number of aromatic amines is 1. The largest absolute Gasteiger partial charge is 0.483 e. The number of aromatic nitrogens is 2. The fourth-order valence-electron chi connectivity index (χ4n) is 3.32. The second-order valence-corrected chi connectivity index (χ2v) is 7.16. The van der Waals surface area contributed by atoms with Crippen LogP contribution >= 0.6 is 0 Å². The molecular formula is C29H40N2O2. The van der Waals surface area contributed by atoms with E-state index in [-0.39, 0.29) is 5.43 Å². The zero-order valence-electron chi connectivity index (χ0n) is 21.1. The maximum absolute atomic E-state index is 12.5. The minimum atomic E-state index is -0.156. The van der Waals surface area contributed by atoms with Crippen LogP contribution in [-0.2, 0) is 19.6 Å². The van der Waals surface area contributed by atoms with Gasteiger partial charge in [-0.15, -0.1) is 0 Å². The number of nitrogens with zero attached hydrogens (tertiary/aromatic N) is 1. The highest BCUT2D eigenvalue weighted by molar-refractivity contribution is 5.33. The first-order valence-corrected chi connectivity index (χ1v) is 12.0. The maximum atomic E-state index is 12.5. The lowest BCUT2D eigenvalue weighted by Gasteiger charge is -2.11. The molecule has 0 aliphatic heterocycles. The molecule has 0 spiro atoms. The van der Waals surface area contributed by atoms with Gasteiger partial charge in [-0.25, -0.2) is 0 Å². The van der Waals surface area contributed by atoms with Crippen LogP contribution in [0, 0.1) is 13.8 Å². The molecule has 0 aliphatic carbocycles. The van der Waals surface area contributed by atoms with E-state index in [1.807, 2.05) is 75.0 Å². The zero-order valence-corrected chi connectivity index (χ0v) is 21.1. The van der Waals surface area contributed by atoms with Gasteiger partial charge in [0.2, 0.25) is 5.43 Å². The maximum Gasteiger partial charge on any atom is 0.223 e. The summed E-state index contributed by atoms with van der Waals surface area (Å²) in [5.74, 6) is 0.338. The minimum absolute atomic E-state index is 0.156. The molecule has 0 saturated carbocycles. The SMILES string of the molecule is CC.CC.Cc1cccc(C)c1CCCn1cc[nH]ccc(=O)c(OCc2ccccc2)c1. The molecule has 4 nitrogen and oxygen atoms in total. The van der Waals surface area contributed by atoms with Crippen molar-refractivity contribution < 1.29 is 4.74 Å². The highest BCUT2D eigenvalue weighted by atomic mass is 16.5. The molecule has 0 amide bonds. The van der Waals surface area contributed by atoms with E-state index in [9.17, 15) is 4.79 Å². The van der Waals surface area contributed by atoms with Crippen LogP contribution in [0.2, 0.25) is 0 Å². The van der Waals surface area contributed by atoms with Crippen molar-refractivity contribution in [2.75, 3.05) is 0 Å². The quantitative estimate of drug-likeness (QED) is 0.416. The smallest absolute Gasteiger partial charge is 0.223 e. The third-order valence-electron chi connectivity index (χ3n) is 4.94. The molecule has 0 fully saturated rings. The molecular weight excluding hydrogens is 408 g/mol. The standard InChI is InChI=1S/C25H28N2O2.2C2H6/c1-20-8-6-9-21(2)23(20)12-7-16-27-17-15-26-14-13-24(28)25(18-27)29-19-22-10-4-3-5-11-22;2*1-2/h3-6,8-11,13-15,17-18,26H,7,12,16,19H2,1-2H3;2*1-2H3. The molecule has 2 aromatic carbocycles. The van der Waals surface area contributed by atoms with Crippen LogP contribution in [0.3, 0.4) is 0 Å². The lowest BCUT2D eigenvalue weighted by Crippen LogP contribution is -2.07. The third-order valence-corrected chi connectivity index (χ3v) is 4.94. The number of hydrogen-bond acceptors (Lipinski definition) is 2. The van der Waals surface area contributed by atoms with Gasteiger partial charge in [0.15, 0.2) is 5.75 Å². The van der Waals surface area contributed by atoms with E-state index in [2.05, 4.69) is 37.0 Å². The normalized spacial score (nSPS) is 9.52. The van der Waals surface area contributed by atoms with Crippen LogP contribution in [0.1, 0.15) is 56.4 Å². The van der Waals surface area contributed by atoms with Gasteiger partial charge >= 0.3 is 0 Å². The number of rotatable bonds is 7. The Balaban J connectivity index is 0.00000129. The second-order valence-electron chi connectivity index (χ2n) is 7.16. The first kappa shape index (κ1) is 27.8. The highest BCUT2D eigenvalue weighted by Crippen LogP contribution is 2.16. The van der Waals surface area contributed by atoms with Crippen molar-refractivity contribution in [2.45, 2.75) is 67.5 Å². The topological polar surface area (TPSA) is 47.0 Å². The molecule has 0 saturated heterocycles. The third kappa shape index (κ3) is 9.82. The van der Waals surface area contributed by atoms with Gasteiger partial charge in [0.25, 0.3) is 0 Å². The average molecular weight is 449 g/mol. The Bertz CT molecular complexity index is 1010. The molecule has 1 N–H and O–H groups in total. The number of aryl methyl sites for hydroxylation is 3. The Hall–Kier alpha value is -3.27. The monoisotopic (exact) mass is 448 g/mol. The van der Waals surface area contributed by atoms with Gasteiger partial charge in [-0.05, 0) is 48.9 Å². The predicted octanol–water partition coefficient (Wildman–Crippen LogP) is 7.18. The van der Waals surface area contributed by atoms with Crippen LogP contribution in [0.25, 0.3) is 0 Å². The van der Waals surface area contributed by atoms with Gasteiger partial charge in [-0.3, -0.25) is 4.79 Å². The van der Waals surface area contributed by atoms with Crippen LogP contribution in [0.4, 0.5) is 0 Å². The first-order valence-electron chi connectivity index (χ1n) is 12.0. The van der Waals surface area contributed by atoms with Crippen LogP contribution in [0.5, 0.6) is 5.75 Å². The summed E-state index contributed by atoms with van der Waals surface area (Å²) in [6.45, 7) is 13.5. The number of benzene rings is 2. The number of nitrogens with one attached hydrogen (secondary N) is 1. The summed E-state index contributed by atoms with van der Waals surface area (Å²) < 4.78 is 7.87. The molecule has 3 rings (SSSR count). The molecule has 178 valence electrons. The molecule has 1 aromatic heterocycles. The Morgan fingerprint density at radius 3 is 2.18 bits per heavy atom. The molecule has 1 heterocycles. The van der Waals surface area contributed by atoms with E-state index in [4.69, 9.17) is 4.74 Å². The van der Waals surface area contributed by atoms with Crippen molar-refractivity contribution in [1.82, 2.24) is 9.55 Å². The molecule has 0 aliphatic rings. The van der Waals surface area contributed by atoms with E-state index in [0.29, 0.717) is 12.4 Å². The predicted molar refractivity (Wildman–Crippen MR) is 140 cm³/mol. The molecule has 3 aromatic rings. The summed E-state index contributed by atoms with van der Waals surface area (Å²) in [5, 5.41) is 0. The van der Waals surface area contributed by atoms with E-state index in [0.717, 1.165) is 24.9 Å². The molecule has 33 heavy (non-hydrogen) atoms. The Labute approximate surface area is 199 Å². The van der Waals surface area contributed by atoms with Gasteiger partial charge in [-0.1, -0.05) is 76.2 Å². The van der Waals surface area contributed by atoms with Gasteiger partial charge in [0.05, 0.1) is 6.20 Å². The van der Waals surface area contributed by atoms with Gasteiger partial charge in [0.1, 0.15) is 6.61 Å². The summed E-state index contributed by atoms with van der Waals surface area (Å²) in [7, 11) is 0. The number of ether oxygens (including phenoxy) is 1. The van der Waals surface area contributed by atoms with E-state index < -0.39 is 0 Å². The Morgan fingerprint density at radius 1 is 0.848 bits per heavy atom. The van der Waals surface area contributed by atoms with Crippen molar-refractivity contribution in [3.05, 3.63) is 112 Å². The number of H-pyrrole nitrogens is 1. The van der Waals surface area contributed by atoms with Gasteiger partial charge in [0, 0.05) is 31.2 Å². The van der Waals surface area contributed by atoms with Gasteiger partial charge < -0.3 is 14.3 Å². The first-order chi connectivity index (χ1) is 16.1. The zero-order chi connectivity index (χ0) is 24.5. The lowest BCUT2D eigenvalue weighted by molar-refractivity contribution is 0.301. The van der Waals surface area contributed by atoms with Crippen molar-refractivity contribution in [3.63, 3.8) is 0 Å². The van der Waals surface area contributed by atoms with Crippen molar-refractivity contribution in [2.24, 2.45) is 0 Å². The molecule has 0 radical (unpaired) electrons.